The van der Waals surface area contributed by atoms with Crippen molar-refractivity contribution in [3.8, 4) is 5.75 Å². The first-order valence-corrected chi connectivity index (χ1v) is 11.4. The third-order valence-corrected chi connectivity index (χ3v) is 6.08. The van der Waals surface area contributed by atoms with Crippen molar-refractivity contribution in [3.63, 3.8) is 0 Å². The van der Waals surface area contributed by atoms with Crippen LogP contribution in [-0.4, -0.2) is 35.4 Å². The fourth-order valence-electron chi connectivity index (χ4n) is 3.96. The molecule has 1 saturated carbocycles. The summed E-state index contributed by atoms with van der Waals surface area (Å²) in [4.78, 5) is 27.3. The number of ether oxygens (including phenoxy) is 1. The maximum atomic E-state index is 14.3. The molecule has 1 aliphatic carbocycles. The Balaban J connectivity index is 1.70. The first-order chi connectivity index (χ1) is 15.3. The zero-order valence-corrected chi connectivity index (χ0v) is 19.1. The van der Waals surface area contributed by atoms with Gasteiger partial charge in [-0.15, -0.1) is 0 Å². The van der Waals surface area contributed by atoms with Crippen LogP contribution < -0.4 is 10.1 Å². The first-order valence-electron chi connectivity index (χ1n) is 11.4. The van der Waals surface area contributed by atoms with Crippen LogP contribution in [0.5, 0.6) is 5.75 Å². The van der Waals surface area contributed by atoms with Gasteiger partial charge < -0.3 is 15.0 Å². The van der Waals surface area contributed by atoms with E-state index in [0.29, 0.717) is 17.2 Å². The van der Waals surface area contributed by atoms with E-state index < -0.39 is 11.9 Å². The highest BCUT2D eigenvalue weighted by Gasteiger charge is 2.29. The standard InChI is InChI=1S/C26H33FN2O3/c1-18(2)20-12-14-23(15-13-20)32-17-25(30)29(16-21-8-4-7-11-24(21)27)19(3)26(31)28-22-9-5-6-10-22/h4,7-8,11-15,18-19,22H,5-6,9-10,16-17H2,1-3H3,(H,28,31)/t19-/m1/s1. The van der Waals surface area contributed by atoms with Gasteiger partial charge in [-0.25, -0.2) is 4.39 Å². The lowest BCUT2D eigenvalue weighted by molar-refractivity contribution is -0.142. The average Bonchev–Trinajstić information content (AvgIpc) is 3.29. The van der Waals surface area contributed by atoms with E-state index >= 15 is 0 Å². The van der Waals surface area contributed by atoms with Gasteiger partial charge in [-0.1, -0.05) is 57.0 Å². The molecule has 1 fully saturated rings. The molecule has 1 aliphatic rings. The van der Waals surface area contributed by atoms with Crippen molar-refractivity contribution >= 4 is 11.8 Å². The summed E-state index contributed by atoms with van der Waals surface area (Å²) in [5.41, 5.74) is 1.55. The van der Waals surface area contributed by atoms with E-state index in [2.05, 4.69) is 19.2 Å². The van der Waals surface area contributed by atoms with E-state index in [9.17, 15) is 14.0 Å². The molecule has 0 heterocycles. The fourth-order valence-corrected chi connectivity index (χ4v) is 3.96. The topological polar surface area (TPSA) is 58.6 Å². The average molecular weight is 441 g/mol. The quantitative estimate of drug-likeness (QED) is 0.609. The minimum Gasteiger partial charge on any atom is -0.484 e. The number of rotatable bonds is 9. The zero-order valence-electron chi connectivity index (χ0n) is 19.1. The highest BCUT2D eigenvalue weighted by atomic mass is 19.1. The number of hydrogen-bond donors (Lipinski definition) is 1. The fraction of sp³-hybridized carbons (Fsp3) is 0.462. The van der Waals surface area contributed by atoms with Crippen molar-refractivity contribution in [1.29, 1.82) is 0 Å². The molecule has 1 N–H and O–H groups in total. The normalized spacial score (nSPS) is 14.9. The van der Waals surface area contributed by atoms with Crippen molar-refractivity contribution in [2.45, 2.75) is 71.0 Å². The summed E-state index contributed by atoms with van der Waals surface area (Å²) in [6.45, 7) is 5.67. The molecule has 2 aromatic carbocycles. The second kappa shape index (κ2) is 11.1. The smallest absolute Gasteiger partial charge is 0.261 e. The minimum absolute atomic E-state index is 0.000404. The van der Waals surface area contributed by atoms with Gasteiger partial charge in [0.1, 0.15) is 17.6 Å². The second-order valence-electron chi connectivity index (χ2n) is 8.79. The molecule has 0 aromatic heterocycles. The number of nitrogens with zero attached hydrogens (tertiary/aromatic N) is 1. The van der Waals surface area contributed by atoms with Gasteiger partial charge in [0, 0.05) is 18.2 Å². The molecular formula is C26H33FN2O3. The van der Waals surface area contributed by atoms with Crippen molar-refractivity contribution in [1.82, 2.24) is 10.2 Å². The molecular weight excluding hydrogens is 407 g/mol. The zero-order chi connectivity index (χ0) is 23.1. The highest BCUT2D eigenvalue weighted by molar-refractivity contribution is 5.88. The van der Waals surface area contributed by atoms with Crippen molar-refractivity contribution in [3.05, 3.63) is 65.5 Å². The van der Waals surface area contributed by atoms with Crippen molar-refractivity contribution < 1.29 is 18.7 Å². The van der Waals surface area contributed by atoms with Gasteiger partial charge in [-0.05, 0) is 49.4 Å². The Hall–Kier alpha value is -2.89. The molecule has 6 heteroatoms. The van der Waals surface area contributed by atoms with Gasteiger partial charge in [0.2, 0.25) is 5.91 Å². The van der Waals surface area contributed by atoms with Crippen molar-refractivity contribution in [2.24, 2.45) is 0 Å². The predicted molar refractivity (Wildman–Crippen MR) is 123 cm³/mol. The SMILES string of the molecule is CC(C)c1ccc(OCC(=O)N(Cc2ccccc2F)[C@H](C)C(=O)NC2CCCC2)cc1. The number of nitrogens with one attached hydrogen (secondary N) is 1. The summed E-state index contributed by atoms with van der Waals surface area (Å²) < 4.78 is 20.0. The molecule has 0 saturated heterocycles. The van der Waals surface area contributed by atoms with Gasteiger partial charge in [0.25, 0.3) is 5.91 Å². The maximum Gasteiger partial charge on any atom is 0.261 e. The highest BCUT2D eigenvalue weighted by Crippen LogP contribution is 2.20. The van der Waals surface area contributed by atoms with E-state index in [4.69, 9.17) is 4.74 Å². The first kappa shape index (κ1) is 23.8. The lowest BCUT2D eigenvalue weighted by Crippen LogP contribution is -2.50. The molecule has 0 spiro atoms. The summed E-state index contributed by atoms with van der Waals surface area (Å²) >= 11 is 0. The van der Waals surface area contributed by atoms with E-state index in [1.807, 2.05) is 24.3 Å². The van der Waals surface area contributed by atoms with Gasteiger partial charge in [0.15, 0.2) is 6.61 Å². The second-order valence-corrected chi connectivity index (χ2v) is 8.79. The summed E-state index contributed by atoms with van der Waals surface area (Å²) in [6, 6.07) is 13.3. The van der Waals surface area contributed by atoms with Crippen LogP contribution >= 0.6 is 0 Å². The monoisotopic (exact) mass is 440 g/mol. The van der Waals surface area contributed by atoms with Crippen LogP contribution in [0.2, 0.25) is 0 Å². The molecule has 0 radical (unpaired) electrons. The Morgan fingerprint density at radius 2 is 1.72 bits per heavy atom. The number of amides is 2. The predicted octanol–water partition coefficient (Wildman–Crippen LogP) is 4.80. The molecule has 2 aromatic rings. The molecule has 2 amide bonds. The molecule has 3 rings (SSSR count). The van der Waals surface area contributed by atoms with Gasteiger partial charge in [0.05, 0.1) is 0 Å². The Bertz CT molecular complexity index is 908. The molecule has 0 unspecified atom stereocenters. The third-order valence-electron chi connectivity index (χ3n) is 6.08. The third kappa shape index (κ3) is 6.31. The largest absolute Gasteiger partial charge is 0.484 e. The van der Waals surface area contributed by atoms with E-state index in [0.717, 1.165) is 25.7 Å². The Morgan fingerprint density at radius 1 is 1.06 bits per heavy atom. The lowest BCUT2D eigenvalue weighted by Gasteiger charge is -2.29. The summed E-state index contributed by atoms with van der Waals surface area (Å²) in [5, 5.41) is 3.04. The van der Waals surface area contributed by atoms with Crippen LogP contribution in [-0.2, 0) is 16.1 Å². The molecule has 0 bridgehead atoms. The number of hydrogen-bond acceptors (Lipinski definition) is 3. The Kier molecular flexibility index (Phi) is 8.26. The number of halogens is 1. The van der Waals surface area contributed by atoms with Crippen LogP contribution in [0.25, 0.3) is 0 Å². The molecule has 1 atom stereocenters. The number of benzene rings is 2. The summed E-state index contributed by atoms with van der Waals surface area (Å²) in [7, 11) is 0. The van der Waals surface area contributed by atoms with Crippen LogP contribution in [0, 0.1) is 5.82 Å². The maximum absolute atomic E-state index is 14.3. The van der Waals surface area contributed by atoms with Crippen LogP contribution in [0.4, 0.5) is 4.39 Å². The number of carbonyl (C=O) groups excluding carboxylic acids is 2. The van der Waals surface area contributed by atoms with Gasteiger partial charge in [-0.2, -0.15) is 0 Å². The van der Waals surface area contributed by atoms with Crippen LogP contribution in [0.15, 0.2) is 48.5 Å². The molecule has 172 valence electrons. The van der Waals surface area contributed by atoms with Gasteiger partial charge >= 0.3 is 0 Å². The number of carbonyl (C=O) groups is 2. The molecule has 0 aliphatic heterocycles. The summed E-state index contributed by atoms with van der Waals surface area (Å²) in [5.74, 6) is -0.00476. The van der Waals surface area contributed by atoms with Crippen LogP contribution in [0.1, 0.15) is 63.5 Å². The van der Waals surface area contributed by atoms with Gasteiger partial charge in [-0.3, -0.25) is 9.59 Å². The van der Waals surface area contributed by atoms with E-state index in [1.54, 1.807) is 25.1 Å². The summed E-state index contributed by atoms with van der Waals surface area (Å²) in [6.07, 6.45) is 4.10. The van der Waals surface area contributed by atoms with Crippen molar-refractivity contribution in [2.75, 3.05) is 6.61 Å². The van der Waals surface area contributed by atoms with E-state index in [-0.39, 0.29) is 31.0 Å². The Labute approximate surface area is 190 Å². The van der Waals surface area contributed by atoms with Crippen LogP contribution in [0.3, 0.4) is 0 Å². The molecule has 5 nitrogen and oxygen atoms in total. The Morgan fingerprint density at radius 3 is 2.34 bits per heavy atom. The minimum atomic E-state index is -0.741. The molecule has 32 heavy (non-hydrogen) atoms. The lowest BCUT2D eigenvalue weighted by atomic mass is 10.0. The van der Waals surface area contributed by atoms with E-state index in [1.165, 1.54) is 16.5 Å².